The molecular weight excluding hydrogens is 533 g/mol. The molecule has 3 aromatic rings. The molecule has 1 N–H and O–H groups in total. The number of hydrogen-bond donors (Lipinski definition) is 1. The second-order valence-electron chi connectivity index (χ2n) is 11.2. The number of rotatable bonds is 3. The highest BCUT2D eigenvalue weighted by molar-refractivity contribution is 6.43. The quantitative estimate of drug-likeness (QED) is 0.385. The van der Waals surface area contributed by atoms with Crippen molar-refractivity contribution < 1.29 is 9.53 Å². The van der Waals surface area contributed by atoms with Crippen molar-refractivity contribution in [2.75, 3.05) is 18.0 Å². The molecule has 7 nitrogen and oxygen atoms in total. The maximum atomic E-state index is 12.8. The molecule has 5 rings (SSSR count). The Kier molecular flexibility index (Phi) is 7.21. The van der Waals surface area contributed by atoms with E-state index in [0.29, 0.717) is 45.9 Å². The summed E-state index contributed by atoms with van der Waals surface area (Å²) in [5, 5.41) is 13.9. The predicted octanol–water partition coefficient (Wildman–Crippen LogP) is 6.62. The van der Waals surface area contributed by atoms with E-state index >= 15 is 0 Å². The number of nitrogens with zero attached hydrogens (tertiary/aromatic N) is 4. The molecule has 39 heavy (non-hydrogen) atoms. The number of carbonyl (C=O) groups is 1. The summed E-state index contributed by atoms with van der Waals surface area (Å²) in [6.45, 7) is 8.83. The lowest BCUT2D eigenvalue weighted by Gasteiger charge is -2.44. The van der Waals surface area contributed by atoms with E-state index in [1.807, 2.05) is 39.8 Å². The van der Waals surface area contributed by atoms with Crippen LogP contribution in [0.25, 0.3) is 11.1 Å². The molecule has 1 aliphatic carbocycles. The number of carbonyl (C=O) groups excluding carboxylic acids is 1. The number of nitrogens with one attached hydrogen (secondary N) is 1. The van der Waals surface area contributed by atoms with Gasteiger partial charge >= 0.3 is 6.09 Å². The molecule has 1 saturated heterocycles. The number of benzene rings is 2. The van der Waals surface area contributed by atoms with Crippen molar-refractivity contribution in [2.24, 2.45) is 0 Å². The number of halogens is 2. The lowest BCUT2D eigenvalue weighted by atomic mass is 9.71. The lowest BCUT2D eigenvalue weighted by molar-refractivity contribution is 0.0473. The van der Waals surface area contributed by atoms with Gasteiger partial charge in [-0.05, 0) is 64.2 Å². The molecule has 9 heteroatoms. The first-order valence-electron chi connectivity index (χ1n) is 13.1. The molecule has 0 bridgehead atoms. The topological polar surface area (TPSA) is 91.1 Å². The van der Waals surface area contributed by atoms with Crippen molar-refractivity contribution in [3.8, 4) is 17.2 Å². The monoisotopic (exact) mass is 563 g/mol. The van der Waals surface area contributed by atoms with Gasteiger partial charge in [0.15, 0.2) is 5.69 Å². The Labute approximate surface area is 239 Å². The first kappa shape index (κ1) is 27.2. The maximum absolute atomic E-state index is 12.8. The molecule has 2 heterocycles. The van der Waals surface area contributed by atoms with Crippen LogP contribution in [-0.2, 0) is 16.6 Å². The molecule has 0 saturated carbocycles. The number of amides is 1. The molecular formula is C30H31Cl2N5O2. The number of aromatic nitrogens is 2. The molecule has 1 aromatic heterocycles. The molecule has 1 spiro atoms. The Morgan fingerprint density at radius 1 is 1.13 bits per heavy atom. The van der Waals surface area contributed by atoms with Gasteiger partial charge in [0.1, 0.15) is 11.7 Å². The van der Waals surface area contributed by atoms with Crippen molar-refractivity contribution in [1.82, 2.24) is 15.3 Å². The van der Waals surface area contributed by atoms with Gasteiger partial charge in [-0.25, -0.2) is 14.8 Å². The Morgan fingerprint density at radius 2 is 1.85 bits per heavy atom. The minimum absolute atomic E-state index is 0.0726. The van der Waals surface area contributed by atoms with E-state index in [-0.39, 0.29) is 17.2 Å². The summed E-state index contributed by atoms with van der Waals surface area (Å²) in [6.07, 6.45) is 1.97. The average molecular weight is 565 g/mol. The zero-order valence-corrected chi connectivity index (χ0v) is 24.0. The maximum Gasteiger partial charge on any atom is 0.407 e. The lowest BCUT2D eigenvalue weighted by Crippen LogP contribution is -2.54. The first-order chi connectivity index (χ1) is 18.5. The van der Waals surface area contributed by atoms with Gasteiger partial charge in [-0.15, -0.1) is 0 Å². The molecule has 2 aliphatic rings. The van der Waals surface area contributed by atoms with Gasteiger partial charge in [0.25, 0.3) is 0 Å². The molecule has 2 aromatic carbocycles. The van der Waals surface area contributed by atoms with Crippen LogP contribution in [-0.4, -0.2) is 40.8 Å². The number of alkyl carbamates (subject to hydrolysis) is 1. The van der Waals surface area contributed by atoms with Crippen LogP contribution in [0.3, 0.4) is 0 Å². The summed E-state index contributed by atoms with van der Waals surface area (Å²) in [5.41, 5.74) is 3.91. The molecule has 0 radical (unpaired) electrons. The Balaban J connectivity index is 1.42. The van der Waals surface area contributed by atoms with E-state index in [2.05, 4.69) is 39.5 Å². The van der Waals surface area contributed by atoms with Gasteiger partial charge in [0.05, 0.1) is 15.7 Å². The number of anilines is 1. The standard InChI is InChI=1S/C30H31Cl2N5O2/c1-18-25(20-9-7-11-22(31)26(20)32)23(17-33)35-27(34-18)37-14-12-30(13-15-37)21-10-6-5-8-19(21)16-24(30)36-28(38)39-29(2,3)4/h5-11,24H,12-16H2,1-4H3,(H,36,38)/t24-/m1/s1. The van der Waals surface area contributed by atoms with Crippen LogP contribution in [0.2, 0.25) is 10.0 Å². The van der Waals surface area contributed by atoms with Crippen LogP contribution >= 0.6 is 23.2 Å². The first-order valence-corrected chi connectivity index (χ1v) is 13.8. The number of fused-ring (bicyclic) bond motifs is 2. The fourth-order valence-corrected chi connectivity index (χ4v) is 6.34. The predicted molar refractivity (Wildman–Crippen MR) is 153 cm³/mol. The highest BCUT2D eigenvalue weighted by Gasteiger charge is 2.49. The van der Waals surface area contributed by atoms with Gasteiger partial charge in [0.2, 0.25) is 5.95 Å². The van der Waals surface area contributed by atoms with Crippen LogP contribution in [0, 0.1) is 18.3 Å². The van der Waals surface area contributed by atoms with E-state index in [9.17, 15) is 10.1 Å². The molecule has 1 atom stereocenters. The third kappa shape index (κ3) is 5.16. The average Bonchev–Trinajstić information content (AvgIpc) is 3.17. The fraction of sp³-hybridized carbons (Fsp3) is 0.400. The SMILES string of the molecule is Cc1nc(N2CCC3(CC2)c2ccccc2C[C@H]3NC(=O)OC(C)(C)C)nc(C#N)c1-c1cccc(Cl)c1Cl. The zero-order chi connectivity index (χ0) is 27.9. The van der Waals surface area contributed by atoms with Gasteiger partial charge in [-0.2, -0.15) is 5.26 Å². The summed E-state index contributed by atoms with van der Waals surface area (Å²) in [7, 11) is 0. The van der Waals surface area contributed by atoms with E-state index in [1.165, 1.54) is 11.1 Å². The number of piperidine rings is 1. The molecule has 0 unspecified atom stereocenters. The Hall–Kier alpha value is -3.34. The van der Waals surface area contributed by atoms with E-state index in [0.717, 1.165) is 19.3 Å². The normalized spacial score (nSPS) is 18.0. The second-order valence-corrected chi connectivity index (χ2v) is 12.0. The van der Waals surface area contributed by atoms with Crippen molar-refractivity contribution in [2.45, 2.75) is 64.0 Å². The summed E-state index contributed by atoms with van der Waals surface area (Å²) < 4.78 is 5.60. The third-order valence-electron chi connectivity index (χ3n) is 7.68. The summed E-state index contributed by atoms with van der Waals surface area (Å²) in [5.74, 6) is 0.517. The number of ether oxygens (including phenoxy) is 1. The molecule has 202 valence electrons. The third-order valence-corrected chi connectivity index (χ3v) is 8.50. The smallest absolute Gasteiger partial charge is 0.407 e. The van der Waals surface area contributed by atoms with Crippen LogP contribution < -0.4 is 10.2 Å². The Bertz CT molecular complexity index is 1470. The zero-order valence-electron chi connectivity index (χ0n) is 22.5. The highest BCUT2D eigenvalue weighted by Crippen LogP contribution is 2.47. The van der Waals surface area contributed by atoms with E-state index in [4.69, 9.17) is 32.9 Å². The summed E-state index contributed by atoms with van der Waals surface area (Å²) >= 11 is 12.7. The van der Waals surface area contributed by atoms with Crippen molar-refractivity contribution >= 4 is 35.2 Å². The van der Waals surface area contributed by atoms with E-state index < -0.39 is 11.7 Å². The minimum Gasteiger partial charge on any atom is -0.444 e. The van der Waals surface area contributed by atoms with Crippen LogP contribution in [0.5, 0.6) is 0 Å². The van der Waals surface area contributed by atoms with Gasteiger partial charge < -0.3 is 15.0 Å². The molecule has 1 amide bonds. The van der Waals surface area contributed by atoms with Crippen molar-refractivity contribution in [1.29, 1.82) is 5.26 Å². The van der Waals surface area contributed by atoms with Crippen molar-refractivity contribution in [3.63, 3.8) is 0 Å². The van der Waals surface area contributed by atoms with Gasteiger partial charge in [-0.1, -0.05) is 59.6 Å². The van der Waals surface area contributed by atoms with Crippen LogP contribution in [0.15, 0.2) is 42.5 Å². The van der Waals surface area contributed by atoms with Crippen LogP contribution in [0.4, 0.5) is 10.7 Å². The highest BCUT2D eigenvalue weighted by atomic mass is 35.5. The number of aryl methyl sites for hydroxylation is 1. The summed E-state index contributed by atoms with van der Waals surface area (Å²) in [6, 6.07) is 15.9. The molecule has 1 fully saturated rings. The second kappa shape index (κ2) is 10.3. The summed E-state index contributed by atoms with van der Waals surface area (Å²) in [4.78, 5) is 24.3. The molecule has 1 aliphatic heterocycles. The van der Waals surface area contributed by atoms with Crippen LogP contribution in [0.1, 0.15) is 56.1 Å². The van der Waals surface area contributed by atoms with E-state index in [1.54, 1.807) is 12.1 Å². The number of hydrogen-bond acceptors (Lipinski definition) is 6. The Morgan fingerprint density at radius 3 is 2.54 bits per heavy atom. The van der Waals surface area contributed by atoms with Gasteiger partial charge in [0, 0.05) is 35.7 Å². The minimum atomic E-state index is -0.568. The fourth-order valence-electron chi connectivity index (χ4n) is 5.95. The van der Waals surface area contributed by atoms with Crippen molar-refractivity contribution in [3.05, 3.63) is 75.0 Å². The number of nitriles is 1. The largest absolute Gasteiger partial charge is 0.444 e. The van der Waals surface area contributed by atoms with Gasteiger partial charge in [-0.3, -0.25) is 0 Å².